The molecule has 0 radical (unpaired) electrons. The molecule has 82 valence electrons. The maximum atomic E-state index is 11.9. The Morgan fingerprint density at radius 2 is 2.06 bits per heavy atom. The molecule has 0 saturated heterocycles. The minimum atomic E-state index is 0.0383. The highest BCUT2D eigenvalue weighted by Gasteiger charge is 2.12. The van der Waals surface area contributed by atoms with E-state index in [0.717, 1.165) is 5.56 Å². The molecule has 1 heterocycles. The fourth-order valence-electron chi connectivity index (χ4n) is 1.61. The van der Waals surface area contributed by atoms with Crippen LogP contribution in [0.2, 0.25) is 0 Å². The van der Waals surface area contributed by atoms with Gasteiger partial charge in [-0.05, 0) is 12.5 Å². The molecule has 1 aromatic heterocycles. The first kappa shape index (κ1) is 10.9. The van der Waals surface area contributed by atoms with E-state index in [2.05, 4.69) is 6.58 Å². The Labute approximate surface area is 98.6 Å². The van der Waals surface area contributed by atoms with Gasteiger partial charge in [0.2, 0.25) is 0 Å². The first-order valence-corrected chi connectivity index (χ1v) is 5.95. The Kier molecular flexibility index (Phi) is 3.06. The van der Waals surface area contributed by atoms with Crippen molar-refractivity contribution in [3.05, 3.63) is 63.8 Å². The van der Waals surface area contributed by atoms with E-state index in [1.807, 2.05) is 42.6 Å². The molecular formula is C13H13NOS. The van der Waals surface area contributed by atoms with Gasteiger partial charge in [0.05, 0.1) is 11.6 Å². The summed E-state index contributed by atoms with van der Waals surface area (Å²) in [5.74, 6) is 0. The van der Waals surface area contributed by atoms with Crippen LogP contribution in [0.25, 0.3) is 6.08 Å². The van der Waals surface area contributed by atoms with E-state index in [1.165, 1.54) is 11.5 Å². The fourth-order valence-corrected chi connectivity index (χ4v) is 2.54. The van der Waals surface area contributed by atoms with Gasteiger partial charge in [0, 0.05) is 5.38 Å². The molecule has 0 amide bonds. The van der Waals surface area contributed by atoms with Crippen molar-refractivity contribution in [2.75, 3.05) is 0 Å². The van der Waals surface area contributed by atoms with E-state index < -0.39 is 0 Å². The summed E-state index contributed by atoms with van der Waals surface area (Å²) < 4.78 is 1.77. The molecule has 0 fully saturated rings. The molecule has 0 aliphatic carbocycles. The van der Waals surface area contributed by atoms with Gasteiger partial charge in [0.15, 0.2) is 0 Å². The quantitative estimate of drug-likeness (QED) is 0.795. The highest BCUT2D eigenvalue weighted by Crippen LogP contribution is 2.18. The lowest BCUT2D eigenvalue weighted by molar-refractivity contribution is 0.674. The van der Waals surface area contributed by atoms with Crippen LogP contribution in [0.5, 0.6) is 0 Å². The van der Waals surface area contributed by atoms with Crippen LogP contribution in [-0.4, -0.2) is 3.96 Å². The molecule has 1 unspecified atom stereocenters. The lowest BCUT2D eigenvalue weighted by Gasteiger charge is -2.11. The lowest BCUT2D eigenvalue weighted by atomic mass is 10.1. The number of benzene rings is 1. The highest BCUT2D eigenvalue weighted by atomic mass is 32.1. The van der Waals surface area contributed by atoms with E-state index in [4.69, 9.17) is 0 Å². The van der Waals surface area contributed by atoms with E-state index in [0.29, 0.717) is 5.56 Å². The monoisotopic (exact) mass is 231 g/mol. The second-order valence-electron chi connectivity index (χ2n) is 3.60. The van der Waals surface area contributed by atoms with Crippen LogP contribution >= 0.6 is 11.5 Å². The SMILES string of the molecule is C=Cc1csn(C(C)c2ccccc2)c1=O. The Hall–Kier alpha value is -1.61. The molecule has 2 aromatic rings. The predicted octanol–water partition coefficient (Wildman–Crippen LogP) is 3.16. The summed E-state index contributed by atoms with van der Waals surface area (Å²) in [5, 5.41) is 1.84. The van der Waals surface area contributed by atoms with E-state index in [-0.39, 0.29) is 11.6 Å². The topological polar surface area (TPSA) is 22.0 Å². The Morgan fingerprint density at radius 1 is 1.38 bits per heavy atom. The van der Waals surface area contributed by atoms with Crippen LogP contribution in [0, 0.1) is 0 Å². The van der Waals surface area contributed by atoms with Gasteiger partial charge in [0.1, 0.15) is 0 Å². The molecular weight excluding hydrogens is 218 g/mol. The van der Waals surface area contributed by atoms with Gasteiger partial charge < -0.3 is 0 Å². The summed E-state index contributed by atoms with van der Waals surface area (Å²) in [5.41, 5.74) is 1.85. The largest absolute Gasteiger partial charge is 0.268 e. The van der Waals surface area contributed by atoms with Gasteiger partial charge in [-0.15, -0.1) is 0 Å². The lowest BCUT2D eigenvalue weighted by Crippen LogP contribution is -2.19. The Morgan fingerprint density at radius 3 is 2.62 bits per heavy atom. The molecule has 3 heteroatoms. The number of nitrogens with zero attached hydrogens (tertiary/aromatic N) is 1. The second-order valence-corrected chi connectivity index (χ2v) is 4.44. The highest BCUT2D eigenvalue weighted by molar-refractivity contribution is 7.04. The molecule has 0 aliphatic heterocycles. The van der Waals surface area contributed by atoms with Crippen molar-refractivity contribution in [2.45, 2.75) is 13.0 Å². The van der Waals surface area contributed by atoms with Crippen molar-refractivity contribution in [2.24, 2.45) is 0 Å². The summed E-state index contributed by atoms with van der Waals surface area (Å²) in [4.78, 5) is 11.9. The van der Waals surface area contributed by atoms with Crippen LogP contribution in [0.1, 0.15) is 24.1 Å². The van der Waals surface area contributed by atoms with Gasteiger partial charge in [-0.25, -0.2) is 0 Å². The average Bonchev–Trinajstić information content (AvgIpc) is 2.70. The second kappa shape index (κ2) is 4.49. The Balaban J connectivity index is 2.42. The van der Waals surface area contributed by atoms with Gasteiger partial charge in [0.25, 0.3) is 5.56 Å². The number of hydrogen-bond acceptors (Lipinski definition) is 2. The van der Waals surface area contributed by atoms with E-state index in [1.54, 1.807) is 10.0 Å². The number of hydrogen-bond donors (Lipinski definition) is 0. The Bertz CT molecular complexity index is 539. The van der Waals surface area contributed by atoms with Gasteiger partial charge in [-0.3, -0.25) is 8.75 Å². The fraction of sp³-hybridized carbons (Fsp3) is 0.154. The normalized spacial score (nSPS) is 12.3. The standard InChI is InChI=1S/C13H13NOS/c1-3-11-9-16-14(13(11)15)10(2)12-7-5-4-6-8-12/h3-10H,1H2,2H3. The summed E-state index contributed by atoms with van der Waals surface area (Å²) in [6.07, 6.45) is 1.60. The third kappa shape index (κ3) is 1.86. The predicted molar refractivity (Wildman–Crippen MR) is 68.9 cm³/mol. The average molecular weight is 231 g/mol. The first-order chi connectivity index (χ1) is 7.74. The molecule has 2 rings (SSSR count). The van der Waals surface area contributed by atoms with Gasteiger partial charge in [-0.1, -0.05) is 54.5 Å². The van der Waals surface area contributed by atoms with Crippen molar-refractivity contribution in [3.8, 4) is 0 Å². The molecule has 0 bridgehead atoms. The van der Waals surface area contributed by atoms with Crippen LogP contribution in [0.3, 0.4) is 0 Å². The maximum absolute atomic E-state index is 11.9. The molecule has 0 aliphatic rings. The third-order valence-corrected chi connectivity index (χ3v) is 3.66. The van der Waals surface area contributed by atoms with E-state index >= 15 is 0 Å². The zero-order valence-corrected chi connectivity index (χ0v) is 9.91. The smallest absolute Gasteiger partial charge is 0.268 e. The third-order valence-electron chi connectivity index (χ3n) is 2.59. The van der Waals surface area contributed by atoms with Crippen LogP contribution in [0.4, 0.5) is 0 Å². The van der Waals surface area contributed by atoms with Crippen molar-refractivity contribution in [1.82, 2.24) is 3.96 Å². The van der Waals surface area contributed by atoms with Crippen molar-refractivity contribution >= 4 is 17.6 Å². The van der Waals surface area contributed by atoms with E-state index in [9.17, 15) is 4.79 Å². The summed E-state index contributed by atoms with van der Waals surface area (Å²) in [6, 6.07) is 10.1. The number of rotatable bonds is 3. The molecule has 2 nitrogen and oxygen atoms in total. The molecule has 0 spiro atoms. The molecule has 1 aromatic carbocycles. The van der Waals surface area contributed by atoms with Crippen molar-refractivity contribution < 1.29 is 0 Å². The first-order valence-electron chi connectivity index (χ1n) is 5.12. The molecule has 16 heavy (non-hydrogen) atoms. The van der Waals surface area contributed by atoms with Crippen LogP contribution < -0.4 is 5.56 Å². The van der Waals surface area contributed by atoms with Crippen LogP contribution in [0.15, 0.2) is 47.1 Å². The minimum absolute atomic E-state index is 0.0383. The molecule has 1 atom stereocenters. The summed E-state index contributed by atoms with van der Waals surface area (Å²) >= 11 is 1.44. The minimum Gasteiger partial charge on any atom is -0.268 e. The van der Waals surface area contributed by atoms with Crippen molar-refractivity contribution in [3.63, 3.8) is 0 Å². The zero-order chi connectivity index (χ0) is 11.5. The van der Waals surface area contributed by atoms with Crippen molar-refractivity contribution in [1.29, 1.82) is 0 Å². The van der Waals surface area contributed by atoms with Gasteiger partial charge >= 0.3 is 0 Å². The molecule has 0 N–H and O–H groups in total. The summed E-state index contributed by atoms with van der Waals surface area (Å²) in [7, 11) is 0. The summed E-state index contributed by atoms with van der Waals surface area (Å²) in [6.45, 7) is 5.66. The number of aromatic nitrogens is 1. The maximum Gasteiger partial charge on any atom is 0.268 e. The van der Waals surface area contributed by atoms with Crippen LogP contribution in [-0.2, 0) is 0 Å². The molecule has 0 saturated carbocycles. The zero-order valence-electron chi connectivity index (χ0n) is 9.09. The van der Waals surface area contributed by atoms with Gasteiger partial charge in [-0.2, -0.15) is 0 Å².